The molecule has 1 aromatic heterocycles. The number of rotatable bonds is 7. The van der Waals surface area contributed by atoms with Gasteiger partial charge in [-0.15, -0.1) is 0 Å². The maximum Gasteiger partial charge on any atom is 0.146 e. The van der Waals surface area contributed by atoms with Crippen LogP contribution in [0.4, 0.5) is 4.39 Å². The van der Waals surface area contributed by atoms with E-state index in [0.29, 0.717) is 17.4 Å². The van der Waals surface area contributed by atoms with Crippen molar-refractivity contribution in [1.29, 1.82) is 0 Å². The summed E-state index contributed by atoms with van der Waals surface area (Å²) in [5.41, 5.74) is 1.07. The van der Waals surface area contributed by atoms with E-state index < -0.39 is 5.82 Å². The van der Waals surface area contributed by atoms with E-state index in [0.717, 1.165) is 18.7 Å². The lowest BCUT2D eigenvalue weighted by Crippen LogP contribution is -2.18. The second-order valence-electron chi connectivity index (χ2n) is 5.31. The van der Waals surface area contributed by atoms with Gasteiger partial charge in [0.2, 0.25) is 0 Å². The molecule has 0 spiro atoms. The molecule has 0 unspecified atom stereocenters. The first kappa shape index (κ1) is 15.9. The zero-order valence-corrected chi connectivity index (χ0v) is 12.9. The molecule has 0 fully saturated rings. The van der Waals surface area contributed by atoms with Crippen LogP contribution in [0.2, 0.25) is 5.02 Å². The van der Waals surface area contributed by atoms with Crippen LogP contribution in [-0.4, -0.2) is 6.54 Å². The quantitative estimate of drug-likeness (QED) is 0.823. The second-order valence-corrected chi connectivity index (χ2v) is 5.72. The van der Waals surface area contributed by atoms with Gasteiger partial charge in [-0.1, -0.05) is 25.4 Å². The van der Waals surface area contributed by atoms with Crippen molar-refractivity contribution in [3.63, 3.8) is 0 Å². The van der Waals surface area contributed by atoms with Crippen molar-refractivity contribution < 1.29 is 13.5 Å². The minimum Gasteiger partial charge on any atom is -0.486 e. The number of halogens is 2. The fourth-order valence-electron chi connectivity index (χ4n) is 1.82. The number of furan rings is 1. The Labute approximate surface area is 129 Å². The minimum atomic E-state index is -0.493. The van der Waals surface area contributed by atoms with Crippen molar-refractivity contribution in [3.8, 4) is 5.75 Å². The van der Waals surface area contributed by atoms with Gasteiger partial charge in [-0.2, -0.15) is 0 Å². The van der Waals surface area contributed by atoms with E-state index in [9.17, 15) is 4.39 Å². The standard InChI is InChI=1S/C16H19ClFNO2/c1-11(2)7-19-8-12-5-14(20-9-12)10-21-13-3-4-15(17)16(18)6-13/h3-6,9,11,19H,7-8,10H2,1-2H3. The van der Waals surface area contributed by atoms with Crippen molar-refractivity contribution in [3.05, 3.63) is 52.7 Å². The highest BCUT2D eigenvalue weighted by molar-refractivity contribution is 6.30. The normalized spacial score (nSPS) is 11.1. The zero-order valence-electron chi connectivity index (χ0n) is 12.2. The highest BCUT2D eigenvalue weighted by atomic mass is 35.5. The smallest absolute Gasteiger partial charge is 0.146 e. The molecule has 0 radical (unpaired) electrons. The molecule has 0 aliphatic rings. The Morgan fingerprint density at radius 1 is 1.33 bits per heavy atom. The first-order valence-electron chi connectivity index (χ1n) is 6.89. The molecule has 1 heterocycles. The highest BCUT2D eigenvalue weighted by Gasteiger charge is 2.05. The summed E-state index contributed by atoms with van der Waals surface area (Å²) < 4.78 is 24.2. The largest absolute Gasteiger partial charge is 0.486 e. The van der Waals surface area contributed by atoms with Crippen molar-refractivity contribution in [2.45, 2.75) is 27.0 Å². The van der Waals surface area contributed by atoms with Crippen molar-refractivity contribution >= 4 is 11.6 Å². The Balaban J connectivity index is 1.83. The van der Waals surface area contributed by atoms with Crippen LogP contribution in [0, 0.1) is 11.7 Å². The molecule has 2 aromatic rings. The van der Waals surface area contributed by atoms with Gasteiger partial charge in [-0.3, -0.25) is 0 Å². The third-order valence-electron chi connectivity index (χ3n) is 2.86. The molecule has 21 heavy (non-hydrogen) atoms. The molecular formula is C16H19ClFNO2. The number of nitrogens with one attached hydrogen (secondary N) is 1. The van der Waals surface area contributed by atoms with Crippen LogP contribution in [-0.2, 0) is 13.2 Å². The van der Waals surface area contributed by atoms with Crippen LogP contribution in [0.3, 0.4) is 0 Å². The van der Waals surface area contributed by atoms with Gasteiger partial charge in [0.05, 0.1) is 11.3 Å². The van der Waals surface area contributed by atoms with Crippen molar-refractivity contribution in [1.82, 2.24) is 5.32 Å². The lowest BCUT2D eigenvalue weighted by molar-refractivity contribution is 0.269. The van der Waals surface area contributed by atoms with Crippen molar-refractivity contribution in [2.24, 2.45) is 5.92 Å². The molecular weight excluding hydrogens is 293 g/mol. The summed E-state index contributed by atoms with van der Waals surface area (Å²) >= 11 is 5.62. The molecule has 0 atom stereocenters. The van der Waals surface area contributed by atoms with Gasteiger partial charge in [0.15, 0.2) is 0 Å². The first-order valence-corrected chi connectivity index (χ1v) is 7.27. The summed E-state index contributed by atoms with van der Waals surface area (Å²) in [7, 11) is 0. The van der Waals surface area contributed by atoms with Gasteiger partial charge in [-0.05, 0) is 30.7 Å². The van der Waals surface area contributed by atoms with E-state index in [1.165, 1.54) is 12.1 Å². The third-order valence-corrected chi connectivity index (χ3v) is 3.17. The summed E-state index contributed by atoms with van der Waals surface area (Å²) in [4.78, 5) is 0. The van der Waals surface area contributed by atoms with Gasteiger partial charge in [0, 0.05) is 18.2 Å². The lowest BCUT2D eigenvalue weighted by atomic mass is 10.2. The zero-order chi connectivity index (χ0) is 15.2. The Hall–Kier alpha value is -1.52. The molecule has 0 aliphatic carbocycles. The first-order chi connectivity index (χ1) is 10.0. The molecule has 1 aromatic carbocycles. The third kappa shape index (κ3) is 5.06. The summed E-state index contributed by atoms with van der Waals surface area (Å²) in [6.07, 6.45) is 1.70. The molecule has 0 aliphatic heterocycles. The van der Waals surface area contributed by atoms with Gasteiger partial charge in [-0.25, -0.2) is 4.39 Å². The summed E-state index contributed by atoms with van der Waals surface area (Å²) in [6.45, 7) is 6.29. The fourth-order valence-corrected chi connectivity index (χ4v) is 1.94. The number of hydrogen-bond donors (Lipinski definition) is 1. The molecule has 3 nitrogen and oxygen atoms in total. The van der Waals surface area contributed by atoms with Crippen LogP contribution >= 0.6 is 11.6 Å². The molecule has 5 heteroatoms. The SMILES string of the molecule is CC(C)CNCc1coc(COc2ccc(Cl)c(F)c2)c1. The molecule has 114 valence electrons. The summed E-state index contributed by atoms with van der Waals surface area (Å²) in [5.74, 6) is 1.24. The molecule has 0 saturated heterocycles. The second kappa shape index (κ2) is 7.48. The summed E-state index contributed by atoms with van der Waals surface area (Å²) in [5, 5.41) is 3.42. The van der Waals surface area contributed by atoms with Gasteiger partial charge < -0.3 is 14.5 Å². The highest BCUT2D eigenvalue weighted by Crippen LogP contribution is 2.21. The molecule has 0 amide bonds. The average molecular weight is 312 g/mol. The van der Waals surface area contributed by atoms with Gasteiger partial charge in [0.25, 0.3) is 0 Å². The molecule has 1 N–H and O–H groups in total. The number of hydrogen-bond acceptors (Lipinski definition) is 3. The number of ether oxygens (including phenoxy) is 1. The minimum absolute atomic E-state index is 0.0823. The van der Waals surface area contributed by atoms with Gasteiger partial charge in [0.1, 0.15) is 23.9 Å². The predicted octanol–water partition coefficient (Wildman–Crippen LogP) is 4.40. The Morgan fingerprint density at radius 3 is 2.86 bits per heavy atom. The van der Waals surface area contributed by atoms with E-state index in [-0.39, 0.29) is 11.6 Å². The van der Waals surface area contributed by atoms with Crippen LogP contribution in [0.15, 0.2) is 34.9 Å². The Kier molecular flexibility index (Phi) is 5.65. The molecule has 2 rings (SSSR count). The summed E-state index contributed by atoms with van der Waals surface area (Å²) in [6, 6.07) is 6.28. The van der Waals surface area contributed by atoms with Crippen LogP contribution < -0.4 is 10.1 Å². The Bertz CT molecular complexity index is 583. The van der Waals surface area contributed by atoms with E-state index in [1.54, 1.807) is 12.3 Å². The fraction of sp³-hybridized carbons (Fsp3) is 0.375. The predicted molar refractivity (Wildman–Crippen MR) is 81.0 cm³/mol. The van der Waals surface area contributed by atoms with E-state index in [1.807, 2.05) is 6.07 Å². The van der Waals surface area contributed by atoms with Crippen molar-refractivity contribution in [2.75, 3.05) is 6.54 Å². The number of benzene rings is 1. The van der Waals surface area contributed by atoms with E-state index in [4.69, 9.17) is 20.8 Å². The maximum atomic E-state index is 13.3. The topological polar surface area (TPSA) is 34.4 Å². The van der Waals surface area contributed by atoms with E-state index in [2.05, 4.69) is 19.2 Å². The van der Waals surface area contributed by atoms with E-state index >= 15 is 0 Å². The van der Waals surface area contributed by atoms with Gasteiger partial charge >= 0.3 is 0 Å². The average Bonchev–Trinajstić information content (AvgIpc) is 2.88. The van der Waals surface area contributed by atoms with Crippen LogP contribution in [0.5, 0.6) is 5.75 Å². The monoisotopic (exact) mass is 311 g/mol. The maximum absolute atomic E-state index is 13.3. The van der Waals surface area contributed by atoms with Crippen LogP contribution in [0.1, 0.15) is 25.2 Å². The Morgan fingerprint density at radius 2 is 2.14 bits per heavy atom. The lowest BCUT2D eigenvalue weighted by Gasteiger charge is -2.05. The molecule has 0 bridgehead atoms. The molecule has 0 saturated carbocycles. The van der Waals surface area contributed by atoms with Crippen LogP contribution in [0.25, 0.3) is 0 Å².